The Bertz CT molecular complexity index is 943. The van der Waals surface area contributed by atoms with Crippen LogP contribution in [0.5, 0.6) is 0 Å². The largest absolute Gasteiger partial charge is 0.393 e. The van der Waals surface area contributed by atoms with E-state index in [1.54, 1.807) is 12.4 Å². The molecule has 0 unspecified atom stereocenters. The minimum Gasteiger partial charge on any atom is -0.393 e. The number of aliphatic hydroxyl groups is 1. The van der Waals surface area contributed by atoms with Crippen molar-refractivity contribution >= 4 is 17.4 Å². The van der Waals surface area contributed by atoms with Crippen LogP contribution in [0.3, 0.4) is 0 Å². The molecule has 150 valence electrons. The van der Waals surface area contributed by atoms with Crippen molar-refractivity contribution in [1.29, 1.82) is 0 Å². The lowest BCUT2D eigenvalue weighted by Crippen LogP contribution is -2.19. The summed E-state index contributed by atoms with van der Waals surface area (Å²) in [6, 6.07) is 11.9. The lowest BCUT2D eigenvalue weighted by Gasteiger charge is -2.25. The summed E-state index contributed by atoms with van der Waals surface area (Å²) in [5.74, 6) is 1.36. The topological polar surface area (TPSA) is 70.9 Å². The van der Waals surface area contributed by atoms with E-state index in [9.17, 15) is 5.11 Å². The van der Waals surface area contributed by atoms with Gasteiger partial charge in [-0.1, -0.05) is 23.7 Å². The lowest BCUT2D eigenvalue weighted by molar-refractivity contribution is 0.108. The molecule has 0 amide bonds. The zero-order valence-corrected chi connectivity index (χ0v) is 17.0. The van der Waals surface area contributed by atoms with Crippen molar-refractivity contribution in [1.82, 2.24) is 15.0 Å². The molecule has 0 saturated heterocycles. The fraction of sp³-hybridized carbons (Fsp3) is 0.348. The number of anilines is 1. The molecule has 1 aliphatic carbocycles. The van der Waals surface area contributed by atoms with Gasteiger partial charge in [-0.15, -0.1) is 0 Å². The second kappa shape index (κ2) is 9.33. The number of rotatable bonds is 6. The van der Waals surface area contributed by atoms with Gasteiger partial charge in [0.05, 0.1) is 16.8 Å². The first-order valence-corrected chi connectivity index (χ1v) is 10.5. The fourth-order valence-electron chi connectivity index (χ4n) is 3.81. The van der Waals surface area contributed by atoms with E-state index in [1.807, 2.05) is 36.5 Å². The molecule has 0 spiro atoms. The van der Waals surface area contributed by atoms with Crippen molar-refractivity contribution in [2.75, 3.05) is 5.32 Å². The summed E-state index contributed by atoms with van der Waals surface area (Å²) in [5.41, 5.74) is 3.86. The highest BCUT2D eigenvalue weighted by Crippen LogP contribution is 2.31. The maximum absolute atomic E-state index is 9.71. The Morgan fingerprint density at radius 2 is 1.93 bits per heavy atom. The number of nitrogens with one attached hydrogen (secondary N) is 1. The number of pyridine rings is 3. The summed E-state index contributed by atoms with van der Waals surface area (Å²) in [6.07, 6.45) is 9.98. The van der Waals surface area contributed by atoms with Gasteiger partial charge in [-0.2, -0.15) is 0 Å². The second-order valence-corrected chi connectivity index (χ2v) is 8.06. The number of halogens is 1. The highest BCUT2D eigenvalue weighted by molar-refractivity contribution is 6.33. The average Bonchev–Trinajstić information content (AvgIpc) is 2.76. The van der Waals surface area contributed by atoms with Crippen LogP contribution in [0.4, 0.5) is 5.82 Å². The van der Waals surface area contributed by atoms with E-state index in [0.29, 0.717) is 17.5 Å². The Labute approximate surface area is 176 Å². The molecule has 3 aromatic rings. The molecule has 3 heterocycles. The number of aliphatic hydroxyl groups excluding tert-OH is 1. The summed E-state index contributed by atoms with van der Waals surface area (Å²) >= 11 is 6.45. The van der Waals surface area contributed by atoms with Gasteiger partial charge in [0.1, 0.15) is 5.82 Å². The van der Waals surface area contributed by atoms with Crippen LogP contribution in [0.1, 0.15) is 36.9 Å². The highest BCUT2D eigenvalue weighted by Gasteiger charge is 2.20. The van der Waals surface area contributed by atoms with Crippen molar-refractivity contribution in [2.45, 2.75) is 44.8 Å². The van der Waals surface area contributed by atoms with Crippen LogP contribution < -0.4 is 5.32 Å². The van der Waals surface area contributed by atoms with Crippen LogP contribution >= 0.6 is 11.6 Å². The average molecular weight is 409 g/mol. The molecular weight excluding hydrogens is 384 g/mol. The van der Waals surface area contributed by atoms with Gasteiger partial charge >= 0.3 is 0 Å². The van der Waals surface area contributed by atoms with Crippen LogP contribution in [0, 0.1) is 5.92 Å². The summed E-state index contributed by atoms with van der Waals surface area (Å²) in [5, 5.41) is 13.7. The van der Waals surface area contributed by atoms with Crippen LogP contribution in [-0.4, -0.2) is 26.2 Å². The van der Waals surface area contributed by atoms with E-state index in [1.165, 1.54) is 0 Å². The van der Waals surface area contributed by atoms with Gasteiger partial charge < -0.3 is 10.4 Å². The Hall–Kier alpha value is -2.50. The number of nitrogens with zero attached hydrogens (tertiary/aromatic N) is 3. The maximum Gasteiger partial charge on any atom is 0.126 e. The Kier molecular flexibility index (Phi) is 6.37. The molecule has 0 aromatic carbocycles. The molecule has 0 aliphatic heterocycles. The molecule has 0 atom stereocenters. The number of aromatic nitrogens is 3. The molecule has 29 heavy (non-hydrogen) atoms. The molecule has 1 fully saturated rings. The zero-order valence-electron chi connectivity index (χ0n) is 16.3. The molecule has 4 rings (SSSR count). The van der Waals surface area contributed by atoms with E-state index < -0.39 is 0 Å². The standard InChI is InChI=1S/C23H25ClN4O/c24-21-15-26-18(11-16-6-8-19(29)9-7-16)12-20(21)22-4-1-5-23(28-22)27-14-17-3-2-10-25-13-17/h1-5,10,12-13,15-16,19,29H,6-9,11,14H2,(H,27,28). The third-order valence-corrected chi connectivity index (χ3v) is 5.75. The van der Waals surface area contributed by atoms with E-state index in [2.05, 4.69) is 21.4 Å². The zero-order chi connectivity index (χ0) is 20.1. The summed E-state index contributed by atoms with van der Waals surface area (Å²) in [7, 11) is 0. The fourth-order valence-corrected chi connectivity index (χ4v) is 4.01. The SMILES string of the molecule is OC1CCC(Cc2cc(-c3cccc(NCc4cccnc4)n3)c(Cl)cn2)CC1. The van der Waals surface area contributed by atoms with E-state index >= 15 is 0 Å². The molecule has 5 nitrogen and oxygen atoms in total. The first kappa shape index (κ1) is 19.8. The first-order valence-electron chi connectivity index (χ1n) is 10.1. The molecule has 1 saturated carbocycles. The quantitative estimate of drug-likeness (QED) is 0.607. The molecule has 1 aliphatic rings. The number of hydrogen-bond acceptors (Lipinski definition) is 5. The first-order chi connectivity index (χ1) is 14.2. The van der Waals surface area contributed by atoms with Gasteiger partial charge in [0.15, 0.2) is 0 Å². The summed E-state index contributed by atoms with van der Waals surface area (Å²) in [4.78, 5) is 13.4. The minimum atomic E-state index is -0.133. The minimum absolute atomic E-state index is 0.133. The molecule has 3 aromatic heterocycles. The molecule has 0 bridgehead atoms. The van der Waals surface area contributed by atoms with Crippen molar-refractivity contribution in [3.05, 3.63) is 71.3 Å². The smallest absolute Gasteiger partial charge is 0.126 e. The van der Waals surface area contributed by atoms with Gasteiger partial charge in [0.2, 0.25) is 0 Å². The van der Waals surface area contributed by atoms with Crippen molar-refractivity contribution < 1.29 is 5.11 Å². The van der Waals surface area contributed by atoms with Crippen LogP contribution in [0.15, 0.2) is 55.0 Å². The van der Waals surface area contributed by atoms with Crippen LogP contribution in [0.25, 0.3) is 11.3 Å². The van der Waals surface area contributed by atoms with Gasteiger partial charge in [0.25, 0.3) is 0 Å². The third-order valence-electron chi connectivity index (χ3n) is 5.45. The highest BCUT2D eigenvalue weighted by atomic mass is 35.5. The Morgan fingerprint density at radius 3 is 2.72 bits per heavy atom. The maximum atomic E-state index is 9.71. The van der Waals surface area contributed by atoms with E-state index in [-0.39, 0.29) is 6.10 Å². The van der Waals surface area contributed by atoms with Gasteiger partial charge in [-0.05, 0) is 67.9 Å². The van der Waals surface area contributed by atoms with Crippen LogP contribution in [0.2, 0.25) is 5.02 Å². The van der Waals surface area contributed by atoms with Crippen molar-refractivity contribution in [3.8, 4) is 11.3 Å². The lowest BCUT2D eigenvalue weighted by atomic mass is 9.84. The van der Waals surface area contributed by atoms with Crippen molar-refractivity contribution in [3.63, 3.8) is 0 Å². The Balaban J connectivity index is 1.48. The summed E-state index contributed by atoms with van der Waals surface area (Å²) < 4.78 is 0. The second-order valence-electron chi connectivity index (χ2n) is 7.66. The molecule has 2 N–H and O–H groups in total. The number of hydrogen-bond donors (Lipinski definition) is 2. The van der Waals surface area contributed by atoms with Crippen molar-refractivity contribution in [2.24, 2.45) is 5.92 Å². The van der Waals surface area contributed by atoms with Gasteiger partial charge in [-0.25, -0.2) is 4.98 Å². The molecule has 6 heteroatoms. The van der Waals surface area contributed by atoms with E-state index in [0.717, 1.165) is 60.4 Å². The normalized spacial score (nSPS) is 19.1. The van der Waals surface area contributed by atoms with E-state index in [4.69, 9.17) is 16.6 Å². The molecule has 0 radical (unpaired) electrons. The van der Waals surface area contributed by atoms with Crippen LogP contribution in [-0.2, 0) is 13.0 Å². The van der Waals surface area contributed by atoms with Gasteiger partial charge in [0, 0.05) is 36.4 Å². The summed E-state index contributed by atoms with van der Waals surface area (Å²) in [6.45, 7) is 0.660. The van der Waals surface area contributed by atoms with Gasteiger partial charge in [-0.3, -0.25) is 9.97 Å². The predicted octanol–water partition coefficient (Wildman–Crippen LogP) is 4.90. The predicted molar refractivity (Wildman–Crippen MR) is 116 cm³/mol. The third kappa shape index (κ3) is 5.31. The molecular formula is C23H25ClN4O. The monoisotopic (exact) mass is 408 g/mol. The Morgan fingerprint density at radius 1 is 1.07 bits per heavy atom.